The van der Waals surface area contributed by atoms with Crippen molar-refractivity contribution < 1.29 is 19.0 Å². The summed E-state index contributed by atoms with van der Waals surface area (Å²) in [5.41, 5.74) is 6.05. The Labute approximate surface area is 266 Å². The van der Waals surface area contributed by atoms with E-state index in [1.807, 2.05) is 24.3 Å². The minimum atomic E-state index is -0.566. The normalized spacial score (nSPS) is 20.4. The number of H-pyrrole nitrogens is 1. The maximum atomic E-state index is 15.4. The second-order valence-corrected chi connectivity index (χ2v) is 12.6. The zero-order valence-electron chi connectivity index (χ0n) is 25.6. The summed E-state index contributed by atoms with van der Waals surface area (Å²) in [7, 11) is 0. The number of benzene rings is 2. The number of aromatic amines is 1. The topological polar surface area (TPSA) is 106 Å². The van der Waals surface area contributed by atoms with Crippen LogP contribution in [0.5, 0.6) is 5.75 Å². The van der Waals surface area contributed by atoms with Crippen molar-refractivity contribution in [2.24, 2.45) is 10.9 Å². The average molecular weight is 621 g/mol. The predicted octanol–water partition coefficient (Wildman–Crippen LogP) is 5.11. The lowest BCUT2D eigenvalue weighted by atomic mass is 9.96. The Balaban J connectivity index is 1.10. The summed E-state index contributed by atoms with van der Waals surface area (Å²) in [6.07, 6.45) is 8.97. The van der Waals surface area contributed by atoms with E-state index in [0.717, 1.165) is 85.5 Å². The van der Waals surface area contributed by atoms with E-state index < -0.39 is 11.7 Å². The minimum Gasteiger partial charge on any atom is -0.491 e. The van der Waals surface area contributed by atoms with Crippen molar-refractivity contribution in [3.63, 3.8) is 0 Å². The Bertz CT molecular complexity index is 1870. The first-order chi connectivity index (χ1) is 22.6. The number of aromatic nitrogens is 2. The number of carbonyl (C=O) groups is 1. The largest absolute Gasteiger partial charge is 0.491 e. The third kappa shape index (κ3) is 5.40. The molecule has 3 N–H and O–H groups in total. The molecule has 46 heavy (non-hydrogen) atoms. The molecule has 0 spiro atoms. The highest BCUT2D eigenvalue weighted by atomic mass is 19.1. The van der Waals surface area contributed by atoms with E-state index in [-0.39, 0.29) is 25.3 Å². The van der Waals surface area contributed by atoms with Crippen LogP contribution in [0.3, 0.4) is 0 Å². The predicted molar refractivity (Wildman–Crippen MR) is 177 cm³/mol. The Morgan fingerprint density at radius 1 is 1.07 bits per heavy atom. The van der Waals surface area contributed by atoms with Gasteiger partial charge in [0.1, 0.15) is 29.4 Å². The molecule has 0 bridgehead atoms. The summed E-state index contributed by atoms with van der Waals surface area (Å²) in [6.45, 7) is 5.35. The molecule has 1 saturated heterocycles. The Morgan fingerprint density at radius 2 is 1.93 bits per heavy atom. The second kappa shape index (κ2) is 12.1. The standard InChI is InChI=1S/C36H37FN6O3/c37-29-16-24(23-5-6-23)17-33-34(29)36(45)43(14-15-46-33)32-3-1-2-25(28(32)21-44)26-8-9-39-35-27(26)18-31(41-35)30-7-4-22(19-40-30)20-42-12-10-38-11-13-42/h1-3,7-9,16-19,22-23,38,44H,4-6,10-15,20-21H2,(H,39,41). The van der Waals surface area contributed by atoms with Crippen LogP contribution >= 0.6 is 0 Å². The van der Waals surface area contributed by atoms with Gasteiger partial charge in [0, 0.05) is 62.0 Å². The average Bonchev–Trinajstić information content (AvgIpc) is 3.87. The van der Waals surface area contributed by atoms with Gasteiger partial charge in [-0.05, 0) is 72.2 Å². The van der Waals surface area contributed by atoms with Crippen molar-refractivity contribution in [2.45, 2.75) is 31.8 Å². The molecule has 1 unspecified atom stereocenters. The molecule has 2 aromatic carbocycles. The maximum absolute atomic E-state index is 15.4. The smallest absolute Gasteiger partial charge is 0.265 e. The third-order valence-corrected chi connectivity index (χ3v) is 9.60. The number of aliphatic hydroxyl groups is 1. The number of halogens is 1. The lowest BCUT2D eigenvalue weighted by Gasteiger charge is -2.30. The number of carbonyl (C=O) groups excluding carboxylic acids is 1. The van der Waals surface area contributed by atoms with Crippen LogP contribution in [0.25, 0.3) is 27.9 Å². The fourth-order valence-corrected chi connectivity index (χ4v) is 7.02. The van der Waals surface area contributed by atoms with Gasteiger partial charge in [0.25, 0.3) is 5.91 Å². The number of ether oxygens (including phenoxy) is 1. The van der Waals surface area contributed by atoms with Gasteiger partial charge in [0.2, 0.25) is 0 Å². The molecule has 10 heteroatoms. The monoisotopic (exact) mass is 620 g/mol. The van der Waals surface area contributed by atoms with Crippen LogP contribution in [0.15, 0.2) is 59.7 Å². The number of rotatable bonds is 7. The summed E-state index contributed by atoms with van der Waals surface area (Å²) in [4.78, 5) is 30.8. The number of fused-ring (bicyclic) bond motifs is 2. The molecular weight excluding hydrogens is 583 g/mol. The molecule has 2 fully saturated rings. The van der Waals surface area contributed by atoms with Crippen molar-refractivity contribution in [2.75, 3.05) is 50.8 Å². The first kappa shape index (κ1) is 29.1. The molecule has 4 aliphatic rings. The van der Waals surface area contributed by atoms with Crippen molar-refractivity contribution in [3.05, 3.63) is 82.9 Å². The Morgan fingerprint density at radius 3 is 2.72 bits per heavy atom. The first-order valence-corrected chi connectivity index (χ1v) is 16.2. The number of aliphatic imine (C=N–C) groups is 1. The van der Waals surface area contributed by atoms with Crippen LogP contribution in [-0.2, 0) is 6.61 Å². The molecule has 2 aromatic heterocycles. The van der Waals surface area contributed by atoms with Gasteiger partial charge in [-0.1, -0.05) is 18.2 Å². The highest BCUT2D eigenvalue weighted by molar-refractivity contribution is 6.09. The molecule has 1 amide bonds. The molecule has 3 aliphatic heterocycles. The van der Waals surface area contributed by atoms with Gasteiger partial charge in [0.05, 0.1) is 30.2 Å². The first-order valence-electron chi connectivity index (χ1n) is 16.2. The zero-order valence-corrected chi connectivity index (χ0v) is 25.6. The van der Waals surface area contributed by atoms with Crippen molar-refractivity contribution >= 4 is 34.5 Å². The second-order valence-electron chi connectivity index (χ2n) is 12.6. The van der Waals surface area contributed by atoms with E-state index in [9.17, 15) is 9.90 Å². The summed E-state index contributed by atoms with van der Waals surface area (Å²) >= 11 is 0. The SMILES string of the molecule is O=C1c2c(F)cc(C3CC3)cc2OCCN1c1cccc(-c2ccnc3[nH]c(C4=CCC(CN5CCNCC5)C=N4)cc23)c1CO. The van der Waals surface area contributed by atoms with Crippen LogP contribution in [0, 0.1) is 11.7 Å². The van der Waals surface area contributed by atoms with Crippen molar-refractivity contribution in [1.82, 2.24) is 20.2 Å². The van der Waals surface area contributed by atoms with E-state index in [2.05, 4.69) is 38.5 Å². The fourth-order valence-electron chi connectivity index (χ4n) is 7.02. The van der Waals surface area contributed by atoms with Gasteiger partial charge in [0.15, 0.2) is 0 Å². The highest BCUT2D eigenvalue weighted by Gasteiger charge is 2.33. The lowest BCUT2D eigenvalue weighted by molar-refractivity contribution is 0.0985. The lowest BCUT2D eigenvalue weighted by Crippen LogP contribution is -2.45. The number of amides is 1. The summed E-state index contributed by atoms with van der Waals surface area (Å²) in [5, 5.41) is 15.0. The van der Waals surface area contributed by atoms with E-state index in [0.29, 0.717) is 34.5 Å². The van der Waals surface area contributed by atoms with Crippen molar-refractivity contribution in [3.8, 4) is 16.9 Å². The molecule has 1 saturated carbocycles. The number of pyridine rings is 1. The molecule has 1 aliphatic carbocycles. The van der Waals surface area contributed by atoms with Gasteiger partial charge in [-0.3, -0.25) is 9.79 Å². The Kier molecular flexibility index (Phi) is 7.64. The molecule has 0 radical (unpaired) electrons. The third-order valence-electron chi connectivity index (χ3n) is 9.60. The van der Waals surface area contributed by atoms with E-state index in [1.165, 1.54) is 11.0 Å². The summed E-state index contributed by atoms with van der Waals surface area (Å²) in [5.74, 6) is -0.0183. The maximum Gasteiger partial charge on any atom is 0.265 e. The van der Waals surface area contributed by atoms with E-state index in [1.54, 1.807) is 12.3 Å². The molecular formula is C36H37FN6O3. The molecule has 9 nitrogen and oxygen atoms in total. The van der Waals surface area contributed by atoms with Gasteiger partial charge >= 0.3 is 0 Å². The van der Waals surface area contributed by atoms with Gasteiger partial charge in [-0.2, -0.15) is 0 Å². The van der Waals surface area contributed by atoms with Crippen LogP contribution < -0.4 is 15.0 Å². The van der Waals surface area contributed by atoms with Gasteiger partial charge in [-0.25, -0.2) is 9.37 Å². The zero-order chi connectivity index (χ0) is 31.2. The van der Waals surface area contributed by atoms with Crippen LogP contribution in [-0.4, -0.2) is 78.0 Å². The van der Waals surface area contributed by atoms with E-state index in [4.69, 9.17) is 9.73 Å². The number of anilines is 1. The molecule has 5 heterocycles. The van der Waals surface area contributed by atoms with Crippen molar-refractivity contribution in [1.29, 1.82) is 0 Å². The number of allylic oxidation sites excluding steroid dienone is 1. The summed E-state index contributed by atoms with van der Waals surface area (Å²) in [6, 6.07) is 12.9. The quantitative estimate of drug-likeness (QED) is 0.265. The number of piperazine rings is 1. The Hall–Kier alpha value is -4.38. The highest BCUT2D eigenvalue weighted by Crippen LogP contribution is 2.43. The van der Waals surface area contributed by atoms with Crippen LogP contribution in [0.2, 0.25) is 0 Å². The summed E-state index contributed by atoms with van der Waals surface area (Å²) < 4.78 is 21.3. The van der Waals surface area contributed by atoms with Crippen LogP contribution in [0.4, 0.5) is 10.1 Å². The molecule has 1 atom stereocenters. The van der Waals surface area contributed by atoms with E-state index >= 15 is 4.39 Å². The molecule has 4 aromatic rings. The molecule has 8 rings (SSSR count). The van der Waals surface area contributed by atoms with Gasteiger partial charge in [-0.15, -0.1) is 0 Å². The number of nitrogens with zero attached hydrogens (tertiary/aromatic N) is 4. The minimum absolute atomic E-state index is 0.0609. The van der Waals surface area contributed by atoms with Gasteiger partial charge < -0.3 is 29.9 Å². The number of hydrogen-bond donors (Lipinski definition) is 3. The fraction of sp³-hybridized carbons (Fsp3) is 0.361. The van der Waals surface area contributed by atoms with Crippen LogP contribution in [0.1, 0.15) is 52.4 Å². The number of hydrogen-bond acceptors (Lipinski definition) is 7. The number of nitrogens with one attached hydrogen (secondary N) is 2. The molecule has 236 valence electrons. The number of aliphatic hydroxyl groups excluding tert-OH is 1.